The van der Waals surface area contributed by atoms with Gasteiger partial charge >= 0.3 is 0 Å². The van der Waals surface area contributed by atoms with E-state index in [1.54, 1.807) is 0 Å². The van der Waals surface area contributed by atoms with Crippen LogP contribution in [0.5, 0.6) is 0 Å². The number of rotatable bonds is 1. The van der Waals surface area contributed by atoms with Gasteiger partial charge in [0.05, 0.1) is 6.04 Å². The predicted octanol–water partition coefficient (Wildman–Crippen LogP) is 0.864. The minimum Gasteiger partial charge on any atom is -0.180 e. The van der Waals surface area contributed by atoms with Crippen LogP contribution in [0.2, 0.25) is 0 Å². The lowest BCUT2D eigenvalue weighted by molar-refractivity contribution is 0.115. The Labute approximate surface area is 52.5 Å². The zero-order chi connectivity index (χ0) is 6.69. The lowest BCUT2D eigenvalue weighted by atomic mass is 10.4. The highest BCUT2D eigenvalue weighted by molar-refractivity contribution is 4.47. The van der Waals surface area contributed by atoms with E-state index in [2.05, 4.69) is 26.4 Å². The largest absolute Gasteiger partial charge is 0.180 e. The Balaban J connectivity index is 2.46. The SMILES string of the molecule is CC(C)N1N=NN=NN1. The van der Waals surface area contributed by atoms with Crippen LogP contribution in [0.4, 0.5) is 0 Å². The zero-order valence-corrected chi connectivity index (χ0v) is 5.31. The first-order chi connectivity index (χ1) is 4.30. The van der Waals surface area contributed by atoms with Gasteiger partial charge in [0, 0.05) is 0 Å². The number of nitrogens with zero attached hydrogens (tertiary/aromatic N) is 5. The molecule has 0 unspecified atom stereocenters. The van der Waals surface area contributed by atoms with E-state index in [-0.39, 0.29) is 6.04 Å². The van der Waals surface area contributed by atoms with E-state index in [0.29, 0.717) is 0 Å². The Hall–Kier alpha value is -1.20. The maximum absolute atomic E-state index is 3.62. The molecule has 50 valence electrons. The molecule has 1 aliphatic heterocycles. The van der Waals surface area contributed by atoms with E-state index in [4.69, 9.17) is 0 Å². The lowest BCUT2D eigenvalue weighted by Gasteiger charge is -2.19. The van der Waals surface area contributed by atoms with Gasteiger partial charge in [0.25, 0.3) is 0 Å². The van der Waals surface area contributed by atoms with Gasteiger partial charge in [0.1, 0.15) is 0 Å². The van der Waals surface area contributed by atoms with Gasteiger partial charge in [-0.2, -0.15) is 10.7 Å². The van der Waals surface area contributed by atoms with Gasteiger partial charge in [0.15, 0.2) is 0 Å². The molecule has 1 aliphatic rings. The summed E-state index contributed by atoms with van der Waals surface area (Å²) in [6, 6.07) is 0.244. The number of hydrogen-bond acceptors (Lipinski definition) is 6. The number of hydrazine groups is 1. The Morgan fingerprint density at radius 1 is 1.33 bits per heavy atom. The summed E-state index contributed by atoms with van der Waals surface area (Å²) >= 11 is 0. The third kappa shape index (κ3) is 1.34. The molecule has 0 saturated heterocycles. The summed E-state index contributed by atoms with van der Waals surface area (Å²) in [7, 11) is 0. The van der Waals surface area contributed by atoms with E-state index < -0.39 is 0 Å². The van der Waals surface area contributed by atoms with Gasteiger partial charge in [0.2, 0.25) is 0 Å². The molecular weight excluding hydrogens is 120 g/mol. The standard InChI is InChI=1S/C3H8N6/c1-3(2)9-7-5-4-6-8-9/h3H,1-2H3,(H,4,7,8). The van der Waals surface area contributed by atoms with E-state index in [9.17, 15) is 0 Å². The van der Waals surface area contributed by atoms with E-state index in [1.807, 2.05) is 13.8 Å². The summed E-state index contributed by atoms with van der Waals surface area (Å²) in [5, 5.41) is 15.1. The Morgan fingerprint density at radius 2 is 2.11 bits per heavy atom. The fourth-order valence-corrected chi connectivity index (χ4v) is 0.386. The molecule has 1 N–H and O–H groups in total. The molecule has 0 aromatic rings. The summed E-state index contributed by atoms with van der Waals surface area (Å²) in [4.78, 5) is 0. The third-order valence-electron chi connectivity index (χ3n) is 0.857. The zero-order valence-electron chi connectivity index (χ0n) is 5.31. The summed E-state index contributed by atoms with van der Waals surface area (Å²) < 4.78 is 0. The smallest absolute Gasteiger partial charge is 0.0672 e. The molecule has 9 heavy (non-hydrogen) atoms. The van der Waals surface area contributed by atoms with Crippen LogP contribution >= 0.6 is 0 Å². The lowest BCUT2D eigenvalue weighted by Crippen LogP contribution is -2.35. The van der Waals surface area contributed by atoms with E-state index in [1.165, 1.54) is 5.12 Å². The van der Waals surface area contributed by atoms with Crippen LogP contribution in [0.3, 0.4) is 0 Å². The van der Waals surface area contributed by atoms with Crippen molar-refractivity contribution >= 4 is 0 Å². The summed E-state index contributed by atoms with van der Waals surface area (Å²) in [6.07, 6.45) is 0. The van der Waals surface area contributed by atoms with Crippen molar-refractivity contribution in [2.45, 2.75) is 19.9 Å². The monoisotopic (exact) mass is 128 g/mol. The van der Waals surface area contributed by atoms with Crippen LogP contribution in [0, 0.1) is 0 Å². The normalized spacial score (nSPS) is 16.6. The molecule has 0 amide bonds. The molecule has 0 saturated carbocycles. The Morgan fingerprint density at radius 3 is 2.44 bits per heavy atom. The van der Waals surface area contributed by atoms with Crippen LogP contribution in [0.25, 0.3) is 0 Å². The highest BCUT2D eigenvalue weighted by Gasteiger charge is 2.05. The predicted molar refractivity (Wildman–Crippen MR) is 29.8 cm³/mol. The highest BCUT2D eigenvalue weighted by atomic mass is 15.9. The molecule has 0 spiro atoms. The molecule has 0 bridgehead atoms. The van der Waals surface area contributed by atoms with Gasteiger partial charge in [-0.1, -0.05) is 0 Å². The summed E-state index contributed by atoms with van der Waals surface area (Å²) in [5.74, 6) is 0. The average molecular weight is 128 g/mol. The van der Waals surface area contributed by atoms with Crippen molar-refractivity contribution in [3.8, 4) is 0 Å². The molecule has 6 heteroatoms. The Bertz CT molecular complexity index is 137. The second kappa shape index (κ2) is 2.38. The van der Waals surface area contributed by atoms with Crippen molar-refractivity contribution in [1.29, 1.82) is 0 Å². The fraction of sp³-hybridized carbons (Fsp3) is 1.00. The molecule has 1 heterocycles. The van der Waals surface area contributed by atoms with E-state index in [0.717, 1.165) is 0 Å². The van der Waals surface area contributed by atoms with Gasteiger partial charge in [-0.15, -0.1) is 0 Å². The van der Waals surface area contributed by atoms with Crippen LogP contribution in [0.15, 0.2) is 20.9 Å². The molecule has 6 nitrogen and oxygen atoms in total. The van der Waals surface area contributed by atoms with Gasteiger partial charge in [-0.25, -0.2) is 0 Å². The summed E-state index contributed by atoms with van der Waals surface area (Å²) in [5.41, 5.74) is 2.55. The third-order valence-corrected chi connectivity index (χ3v) is 0.857. The molecule has 0 radical (unpaired) electrons. The molecule has 0 aromatic heterocycles. The number of hydrogen-bond donors (Lipinski definition) is 1. The van der Waals surface area contributed by atoms with Crippen LogP contribution < -0.4 is 5.53 Å². The molecular formula is C3H8N6. The topological polar surface area (TPSA) is 64.7 Å². The molecule has 0 aliphatic carbocycles. The van der Waals surface area contributed by atoms with Gasteiger partial charge < -0.3 is 0 Å². The first-order valence-corrected chi connectivity index (χ1v) is 2.66. The van der Waals surface area contributed by atoms with Gasteiger partial charge in [-0.3, -0.25) is 0 Å². The van der Waals surface area contributed by atoms with Crippen molar-refractivity contribution in [2.24, 2.45) is 20.9 Å². The van der Waals surface area contributed by atoms with Crippen molar-refractivity contribution in [3.05, 3.63) is 0 Å². The van der Waals surface area contributed by atoms with Crippen molar-refractivity contribution in [1.82, 2.24) is 10.7 Å². The molecule has 0 fully saturated rings. The molecule has 0 atom stereocenters. The molecule has 0 aromatic carbocycles. The van der Waals surface area contributed by atoms with Gasteiger partial charge in [-0.05, 0) is 34.7 Å². The minimum atomic E-state index is 0.244. The maximum Gasteiger partial charge on any atom is 0.0672 e. The fourth-order valence-electron chi connectivity index (χ4n) is 0.386. The first kappa shape index (κ1) is 5.93. The van der Waals surface area contributed by atoms with E-state index >= 15 is 0 Å². The summed E-state index contributed by atoms with van der Waals surface area (Å²) in [6.45, 7) is 3.93. The first-order valence-electron chi connectivity index (χ1n) is 2.66. The van der Waals surface area contributed by atoms with Crippen molar-refractivity contribution in [3.63, 3.8) is 0 Å². The van der Waals surface area contributed by atoms with Crippen molar-refractivity contribution in [2.75, 3.05) is 0 Å². The average Bonchev–Trinajstić information content (AvgIpc) is 1.90. The van der Waals surface area contributed by atoms with Crippen LogP contribution in [-0.2, 0) is 0 Å². The second-order valence-corrected chi connectivity index (χ2v) is 1.91. The highest BCUT2D eigenvalue weighted by Crippen LogP contribution is 1.98. The van der Waals surface area contributed by atoms with Crippen molar-refractivity contribution < 1.29 is 0 Å². The van der Waals surface area contributed by atoms with Crippen LogP contribution in [-0.4, -0.2) is 11.2 Å². The Kier molecular flexibility index (Phi) is 1.57. The van der Waals surface area contributed by atoms with Crippen LogP contribution in [0.1, 0.15) is 13.8 Å². The second-order valence-electron chi connectivity index (χ2n) is 1.91. The minimum absolute atomic E-state index is 0.244. The molecule has 1 rings (SSSR count). The number of nitrogens with one attached hydrogen (secondary N) is 1. The maximum atomic E-state index is 3.62. The quantitative estimate of drug-likeness (QED) is 0.569.